The summed E-state index contributed by atoms with van der Waals surface area (Å²) >= 11 is 0. The number of amides is 3. The number of nitrogens with one attached hydrogen (secondary N) is 3. The first-order chi connectivity index (χ1) is 12.2. The number of methoxy groups -OCH3 is 1. The van der Waals surface area contributed by atoms with E-state index in [1.165, 1.54) is 0 Å². The lowest BCUT2D eigenvalue weighted by Gasteiger charge is -2.19. The molecule has 1 aromatic rings. The van der Waals surface area contributed by atoms with E-state index in [1.54, 1.807) is 33.9 Å². The van der Waals surface area contributed by atoms with E-state index in [1.807, 2.05) is 18.2 Å². The molecular formula is C18H27N3O5. The molecule has 8 heteroatoms. The second-order valence-electron chi connectivity index (χ2n) is 6.54. The molecule has 0 fully saturated rings. The highest BCUT2D eigenvalue weighted by Gasteiger charge is 2.16. The van der Waals surface area contributed by atoms with Crippen molar-refractivity contribution < 1.29 is 23.9 Å². The number of rotatable bonds is 8. The quantitative estimate of drug-likeness (QED) is 0.596. The Morgan fingerprint density at radius 2 is 1.58 bits per heavy atom. The van der Waals surface area contributed by atoms with Crippen molar-refractivity contribution in [1.82, 2.24) is 16.0 Å². The molecular weight excluding hydrogens is 338 g/mol. The Labute approximate surface area is 153 Å². The van der Waals surface area contributed by atoms with Crippen LogP contribution in [0.15, 0.2) is 24.3 Å². The first-order valence-corrected chi connectivity index (χ1v) is 8.33. The number of alkyl carbamates (subject to hydrolysis) is 1. The third-order valence-electron chi connectivity index (χ3n) is 3.11. The van der Waals surface area contributed by atoms with Crippen molar-refractivity contribution in [1.29, 1.82) is 0 Å². The molecule has 0 aromatic heterocycles. The molecule has 0 aliphatic carbocycles. The molecule has 0 aliphatic rings. The lowest BCUT2D eigenvalue weighted by atomic mass is 10.1. The van der Waals surface area contributed by atoms with Crippen molar-refractivity contribution in [2.24, 2.45) is 0 Å². The molecule has 0 spiro atoms. The van der Waals surface area contributed by atoms with Gasteiger partial charge in [-0.05, 0) is 26.8 Å². The van der Waals surface area contributed by atoms with Crippen LogP contribution in [-0.2, 0) is 20.7 Å². The Morgan fingerprint density at radius 3 is 2.19 bits per heavy atom. The minimum absolute atomic E-state index is 0.171. The second-order valence-corrected chi connectivity index (χ2v) is 6.54. The van der Waals surface area contributed by atoms with Gasteiger partial charge in [-0.15, -0.1) is 0 Å². The molecule has 0 saturated carbocycles. The molecule has 0 aliphatic heterocycles. The molecule has 0 heterocycles. The maximum atomic E-state index is 11.9. The van der Waals surface area contributed by atoms with E-state index < -0.39 is 11.7 Å². The maximum absolute atomic E-state index is 11.9. The van der Waals surface area contributed by atoms with Crippen LogP contribution in [-0.4, -0.2) is 50.3 Å². The number of benzene rings is 1. The minimum atomic E-state index is -0.655. The molecule has 0 saturated heterocycles. The SMILES string of the molecule is COc1ccccc1CC(=O)NCCNC(=O)CNC(=O)OC(C)(C)C. The zero-order valence-corrected chi connectivity index (χ0v) is 15.7. The van der Waals surface area contributed by atoms with Gasteiger partial charge < -0.3 is 25.4 Å². The molecule has 0 bridgehead atoms. The zero-order chi connectivity index (χ0) is 19.6. The van der Waals surface area contributed by atoms with Gasteiger partial charge in [0.05, 0.1) is 20.1 Å². The summed E-state index contributed by atoms with van der Waals surface area (Å²) in [6, 6.07) is 7.28. The Kier molecular flexibility index (Phi) is 8.41. The van der Waals surface area contributed by atoms with E-state index >= 15 is 0 Å². The van der Waals surface area contributed by atoms with Crippen molar-refractivity contribution in [3.8, 4) is 5.75 Å². The number of para-hydroxylation sites is 1. The summed E-state index contributed by atoms with van der Waals surface area (Å²) in [6.45, 7) is 5.56. The lowest BCUT2D eigenvalue weighted by molar-refractivity contribution is -0.122. The average Bonchev–Trinajstić information content (AvgIpc) is 2.56. The Bertz CT molecular complexity index is 625. The number of carbonyl (C=O) groups excluding carboxylic acids is 3. The van der Waals surface area contributed by atoms with Crippen LogP contribution in [0.5, 0.6) is 5.75 Å². The van der Waals surface area contributed by atoms with Crippen molar-refractivity contribution in [2.75, 3.05) is 26.7 Å². The summed E-state index contributed by atoms with van der Waals surface area (Å²) in [6.07, 6.45) is -0.462. The van der Waals surface area contributed by atoms with E-state index in [2.05, 4.69) is 16.0 Å². The van der Waals surface area contributed by atoms with Crippen molar-refractivity contribution in [2.45, 2.75) is 32.8 Å². The molecule has 0 atom stereocenters. The Morgan fingerprint density at radius 1 is 0.962 bits per heavy atom. The largest absolute Gasteiger partial charge is 0.496 e. The first-order valence-electron chi connectivity index (χ1n) is 8.33. The highest BCUT2D eigenvalue weighted by atomic mass is 16.6. The van der Waals surface area contributed by atoms with Crippen LogP contribution in [0.4, 0.5) is 4.79 Å². The van der Waals surface area contributed by atoms with Crippen LogP contribution in [0.2, 0.25) is 0 Å². The van der Waals surface area contributed by atoms with Gasteiger partial charge in [-0.3, -0.25) is 9.59 Å². The van der Waals surface area contributed by atoms with Gasteiger partial charge in [0, 0.05) is 18.7 Å². The fraction of sp³-hybridized carbons (Fsp3) is 0.500. The van der Waals surface area contributed by atoms with Gasteiger partial charge in [-0.25, -0.2) is 4.79 Å². The minimum Gasteiger partial charge on any atom is -0.496 e. The highest BCUT2D eigenvalue weighted by molar-refractivity contribution is 5.82. The topological polar surface area (TPSA) is 106 Å². The summed E-state index contributed by atoms with van der Waals surface area (Å²) < 4.78 is 10.2. The number of hydrogen-bond acceptors (Lipinski definition) is 5. The van der Waals surface area contributed by atoms with Crippen LogP contribution in [0.1, 0.15) is 26.3 Å². The Hall–Kier alpha value is -2.77. The van der Waals surface area contributed by atoms with Gasteiger partial charge in [-0.2, -0.15) is 0 Å². The van der Waals surface area contributed by atoms with Crippen LogP contribution in [0.3, 0.4) is 0 Å². The fourth-order valence-corrected chi connectivity index (χ4v) is 2.02. The smallest absolute Gasteiger partial charge is 0.408 e. The predicted octanol–water partition coefficient (Wildman–Crippen LogP) is 0.995. The molecule has 3 amide bonds. The van der Waals surface area contributed by atoms with E-state index in [4.69, 9.17) is 9.47 Å². The van der Waals surface area contributed by atoms with E-state index in [0.29, 0.717) is 5.75 Å². The van der Waals surface area contributed by atoms with Gasteiger partial charge in [0.1, 0.15) is 11.4 Å². The highest BCUT2D eigenvalue weighted by Crippen LogP contribution is 2.17. The molecule has 0 radical (unpaired) electrons. The van der Waals surface area contributed by atoms with Crippen molar-refractivity contribution in [3.05, 3.63) is 29.8 Å². The van der Waals surface area contributed by atoms with Gasteiger partial charge in [0.15, 0.2) is 0 Å². The molecule has 1 aromatic carbocycles. The third kappa shape index (κ3) is 8.91. The lowest BCUT2D eigenvalue weighted by Crippen LogP contribution is -2.42. The molecule has 26 heavy (non-hydrogen) atoms. The van der Waals surface area contributed by atoms with E-state index in [0.717, 1.165) is 5.56 Å². The van der Waals surface area contributed by atoms with Gasteiger partial charge in [-0.1, -0.05) is 18.2 Å². The fourth-order valence-electron chi connectivity index (χ4n) is 2.02. The Balaban J connectivity index is 2.20. The third-order valence-corrected chi connectivity index (χ3v) is 3.11. The van der Waals surface area contributed by atoms with E-state index in [9.17, 15) is 14.4 Å². The van der Waals surface area contributed by atoms with Crippen LogP contribution < -0.4 is 20.7 Å². The van der Waals surface area contributed by atoms with Crippen molar-refractivity contribution in [3.63, 3.8) is 0 Å². The van der Waals surface area contributed by atoms with Crippen LogP contribution in [0.25, 0.3) is 0 Å². The number of ether oxygens (including phenoxy) is 2. The van der Waals surface area contributed by atoms with Crippen LogP contribution in [0, 0.1) is 0 Å². The molecule has 1 rings (SSSR count). The van der Waals surface area contributed by atoms with E-state index in [-0.39, 0.29) is 37.9 Å². The van der Waals surface area contributed by atoms with Crippen molar-refractivity contribution >= 4 is 17.9 Å². The van der Waals surface area contributed by atoms with Gasteiger partial charge in [0.25, 0.3) is 0 Å². The maximum Gasteiger partial charge on any atom is 0.408 e. The predicted molar refractivity (Wildman–Crippen MR) is 97.0 cm³/mol. The standard InChI is InChI=1S/C18H27N3O5/c1-18(2,3)26-17(24)21-12-16(23)20-10-9-19-15(22)11-13-7-5-6-8-14(13)25-4/h5-8H,9-12H2,1-4H3,(H,19,22)(H,20,23)(H,21,24). The summed E-state index contributed by atoms with van der Waals surface area (Å²) in [5, 5.41) is 7.67. The summed E-state index contributed by atoms with van der Waals surface area (Å²) in [7, 11) is 1.55. The molecule has 0 unspecified atom stereocenters. The van der Waals surface area contributed by atoms with Gasteiger partial charge >= 0.3 is 6.09 Å². The monoisotopic (exact) mass is 365 g/mol. The number of carbonyl (C=O) groups is 3. The molecule has 144 valence electrons. The molecule has 8 nitrogen and oxygen atoms in total. The molecule has 3 N–H and O–H groups in total. The van der Waals surface area contributed by atoms with Gasteiger partial charge in [0.2, 0.25) is 11.8 Å². The van der Waals surface area contributed by atoms with Crippen LogP contribution >= 0.6 is 0 Å². The average molecular weight is 365 g/mol. The normalized spacial score (nSPS) is 10.6. The summed E-state index contributed by atoms with van der Waals surface area (Å²) in [4.78, 5) is 35.0. The first kappa shape index (κ1) is 21.3. The zero-order valence-electron chi connectivity index (χ0n) is 15.7. The second kappa shape index (κ2) is 10.3. The summed E-state index contributed by atoms with van der Waals surface area (Å²) in [5.41, 5.74) is 0.171. The summed E-state index contributed by atoms with van der Waals surface area (Å²) in [5.74, 6) is 0.120. The number of hydrogen-bond donors (Lipinski definition) is 3.